The van der Waals surface area contributed by atoms with E-state index in [-0.39, 0.29) is 24.5 Å². The van der Waals surface area contributed by atoms with Gasteiger partial charge in [-0.15, -0.1) is 0 Å². The number of hydrogen-bond donors (Lipinski definition) is 2. The van der Waals surface area contributed by atoms with E-state index in [4.69, 9.17) is 9.84 Å². The SMILES string of the molecule is COc1ccc(-n2ccc(C(=O)NC3CC(N(CC(=O)O)CC4CC4)C3)n2)cc1. The monoisotopic (exact) mass is 398 g/mol. The van der Waals surface area contributed by atoms with Crippen LogP contribution >= 0.6 is 0 Å². The Hall–Kier alpha value is -2.87. The number of benzene rings is 1. The lowest BCUT2D eigenvalue weighted by Gasteiger charge is -2.42. The Kier molecular flexibility index (Phi) is 5.53. The van der Waals surface area contributed by atoms with Crippen molar-refractivity contribution in [3.63, 3.8) is 0 Å². The van der Waals surface area contributed by atoms with Gasteiger partial charge in [-0.2, -0.15) is 5.10 Å². The number of carbonyl (C=O) groups excluding carboxylic acids is 1. The molecule has 0 bridgehead atoms. The molecule has 2 saturated carbocycles. The zero-order chi connectivity index (χ0) is 20.4. The van der Waals surface area contributed by atoms with E-state index in [1.165, 1.54) is 12.8 Å². The van der Waals surface area contributed by atoms with Gasteiger partial charge >= 0.3 is 5.97 Å². The topological polar surface area (TPSA) is 96.7 Å². The number of aromatic nitrogens is 2. The molecule has 2 aromatic rings. The molecule has 2 aliphatic rings. The molecule has 2 N–H and O–H groups in total. The van der Waals surface area contributed by atoms with Crippen LogP contribution in [0.2, 0.25) is 0 Å². The Morgan fingerprint density at radius 1 is 1.24 bits per heavy atom. The first-order chi connectivity index (χ1) is 14.0. The Balaban J connectivity index is 1.30. The lowest BCUT2D eigenvalue weighted by molar-refractivity contribution is -0.139. The third-order valence-electron chi connectivity index (χ3n) is 5.65. The average Bonchev–Trinajstić information content (AvgIpc) is 3.35. The normalized spacial score (nSPS) is 20.9. The number of carbonyl (C=O) groups is 2. The standard InChI is InChI=1S/C21H26N4O4/c1-29-18-6-4-16(5-7-18)25-9-8-19(23-25)21(28)22-15-10-17(11-15)24(13-20(26)27)12-14-2-3-14/h4-9,14-15,17H,2-3,10-13H2,1H3,(H,22,28)(H,26,27). The number of ether oxygens (including phenoxy) is 1. The fourth-order valence-corrected chi connectivity index (χ4v) is 3.74. The Bertz CT molecular complexity index is 869. The van der Waals surface area contributed by atoms with Crippen LogP contribution in [0, 0.1) is 5.92 Å². The molecular weight excluding hydrogens is 372 g/mol. The summed E-state index contributed by atoms with van der Waals surface area (Å²) in [5, 5.41) is 16.5. The van der Waals surface area contributed by atoms with E-state index in [2.05, 4.69) is 15.3 Å². The van der Waals surface area contributed by atoms with Crippen molar-refractivity contribution >= 4 is 11.9 Å². The molecule has 1 aromatic carbocycles. The highest BCUT2D eigenvalue weighted by molar-refractivity contribution is 5.92. The molecule has 0 aliphatic heterocycles. The molecule has 1 heterocycles. The summed E-state index contributed by atoms with van der Waals surface area (Å²) in [5.74, 6) is 0.414. The second-order valence-corrected chi connectivity index (χ2v) is 7.91. The number of nitrogens with one attached hydrogen (secondary N) is 1. The highest BCUT2D eigenvalue weighted by Gasteiger charge is 2.38. The highest BCUT2D eigenvalue weighted by Crippen LogP contribution is 2.33. The van der Waals surface area contributed by atoms with Gasteiger partial charge in [0.25, 0.3) is 5.91 Å². The highest BCUT2D eigenvalue weighted by atomic mass is 16.5. The molecule has 0 spiro atoms. The van der Waals surface area contributed by atoms with Crippen LogP contribution in [0.4, 0.5) is 0 Å². The molecule has 1 aromatic heterocycles. The van der Waals surface area contributed by atoms with Crippen LogP contribution in [-0.4, -0.2) is 63.9 Å². The summed E-state index contributed by atoms with van der Waals surface area (Å²) < 4.78 is 6.81. The van der Waals surface area contributed by atoms with Crippen LogP contribution in [0.5, 0.6) is 5.75 Å². The van der Waals surface area contributed by atoms with E-state index in [0.717, 1.165) is 30.8 Å². The molecule has 0 saturated heterocycles. The first kappa shape index (κ1) is 19.4. The van der Waals surface area contributed by atoms with Crippen molar-refractivity contribution in [1.82, 2.24) is 20.0 Å². The van der Waals surface area contributed by atoms with E-state index in [1.54, 1.807) is 24.1 Å². The zero-order valence-electron chi connectivity index (χ0n) is 16.5. The van der Waals surface area contributed by atoms with E-state index in [0.29, 0.717) is 11.6 Å². The molecule has 2 fully saturated rings. The number of nitrogens with zero attached hydrogens (tertiary/aromatic N) is 3. The molecule has 8 heteroatoms. The van der Waals surface area contributed by atoms with Crippen LogP contribution in [0.25, 0.3) is 5.69 Å². The van der Waals surface area contributed by atoms with Crippen LogP contribution in [0.1, 0.15) is 36.2 Å². The summed E-state index contributed by atoms with van der Waals surface area (Å²) in [6.07, 6.45) is 5.71. The first-order valence-electron chi connectivity index (χ1n) is 9.98. The van der Waals surface area contributed by atoms with E-state index >= 15 is 0 Å². The summed E-state index contributed by atoms with van der Waals surface area (Å²) in [6, 6.07) is 9.43. The largest absolute Gasteiger partial charge is 0.497 e. The zero-order valence-corrected chi connectivity index (χ0v) is 16.5. The Morgan fingerprint density at radius 2 is 1.97 bits per heavy atom. The number of methoxy groups -OCH3 is 1. The fraction of sp³-hybridized carbons (Fsp3) is 0.476. The number of rotatable bonds is 9. The first-order valence-corrected chi connectivity index (χ1v) is 9.98. The van der Waals surface area contributed by atoms with Crippen LogP contribution in [0.15, 0.2) is 36.5 Å². The maximum absolute atomic E-state index is 12.5. The van der Waals surface area contributed by atoms with Gasteiger partial charge in [0, 0.05) is 24.8 Å². The number of amides is 1. The van der Waals surface area contributed by atoms with Crippen molar-refractivity contribution < 1.29 is 19.4 Å². The smallest absolute Gasteiger partial charge is 0.317 e. The van der Waals surface area contributed by atoms with Crippen molar-refractivity contribution in [1.29, 1.82) is 0 Å². The van der Waals surface area contributed by atoms with Gasteiger partial charge in [0.2, 0.25) is 0 Å². The molecule has 29 heavy (non-hydrogen) atoms. The van der Waals surface area contributed by atoms with E-state index in [1.807, 2.05) is 24.3 Å². The summed E-state index contributed by atoms with van der Waals surface area (Å²) in [5.41, 5.74) is 1.21. The van der Waals surface area contributed by atoms with Crippen LogP contribution in [-0.2, 0) is 4.79 Å². The third kappa shape index (κ3) is 4.76. The summed E-state index contributed by atoms with van der Waals surface area (Å²) in [4.78, 5) is 25.7. The molecule has 2 aliphatic carbocycles. The van der Waals surface area contributed by atoms with E-state index in [9.17, 15) is 9.59 Å². The van der Waals surface area contributed by atoms with Crippen LogP contribution in [0.3, 0.4) is 0 Å². The number of carboxylic acids is 1. The lowest BCUT2D eigenvalue weighted by Crippen LogP contribution is -2.55. The maximum atomic E-state index is 12.5. The van der Waals surface area contributed by atoms with Crippen LogP contribution < -0.4 is 10.1 Å². The number of carboxylic acid groups (broad SMARTS) is 1. The van der Waals surface area contributed by atoms with Crippen molar-refractivity contribution in [3.8, 4) is 11.4 Å². The van der Waals surface area contributed by atoms with Gasteiger partial charge in [-0.05, 0) is 61.9 Å². The number of aliphatic carboxylic acids is 1. The van der Waals surface area contributed by atoms with Gasteiger partial charge in [0.1, 0.15) is 5.75 Å². The Labute approximate surface area is 169 Å². The predicted octanol–water partition coefficient (Wildman–Crippen LogP) is 1.94. The molecule has 0 atom stereocenters. The molecule has 4 rings (SSSR count). The molecule has 8 nitrogen and oxygen atoms in total. The fourth-order valence-electron chi connectivity index (χ4n) is 3.74. The minimum absolute atomic E-state index is 0.0640. The van der Waals surface area contributed by atoms with Gasteiger partial charge in [-0.3, -0.25) is 14.5 Å². The average molecular weight is 398 g/mol. The predicted molar refractivity (Wildman–Crippen MR) is 106 cm³/mol. The summed E-state index contributed by atoms with van der Waals surface area (Å²) >= 11 is 0. The Morgan fingerprint density at radius 3 is 2.59 bits per heavy atom. The molecular formula is C21H26N4O4. The quantitative estimate of drug-likeness (QED) is 0.670. The third-order valence-corrected chi connectivity index (χ3v) is 5.65. The van der Waals surface area contributed by atoms with Gasteiger partial charge in [-0.1, -0.05) is 0 Å². The second-order valence-electron chi connectivity index (χ2n) is 7.91. The van der Waals surface area contributed by atoms with Crippen molar-refractivity contribution in [2.75, 3.05) is 20.2 Å². The molecule has 0 unspecified atom stereocenters. The van der Waals surface area contributed by atoms with Gasteiger partial charge in [-0.25, -0.2) is 4.68 Å². The molecule has 154 valence electrons. The molecule has 1 amide bonds. The summed E-state index contributed by atoms with van der Waals surface area (Å²) in [7, 11) is 1.61. The van der Waals surface area contributed by atoms with Crippen molar-refractivity contribution in [2.24, 2.45) is 5.92 Å². The maximum Gasteiger partial charge on any atom is 0.317 e. The minimum Gasteiger partial charge on any atom is -0.497 e. The molecule has 0 radical (unpaired) electrons. The van der Waals surface area contributed by atoms with Gasteiger partial charge < -0.3 is 15.2 Å². The number of hydrogen-bond acceptors (Lipinski definition) is 5. The second kappa shape index (κ2) is 8.24. The van der Waals surface area contributed by atoms with Crippen molar-refractivity contribution in [3.05, 3.63) is 42.2 Å². The van der Waals surface area contributed by atoms with Crippen molar-refractivity contribution in [2.45, 2.75) is 37.8 Å². The summed E-state index contributed by atoms with van der Waals surface area (Å²) in [6.45, 7) is 0.929. The van der Waals surface area contributed by atoms with Gasteiger partial charge in [0.15, 0.2) is 5.69 Å². The van der Waals surface area contributed by atoms with E-state index < -0.39 is 5.97 Å². The lowest BCUT2D eigenvalue weighted by atomic mass is 9.85. The minimum atomic E-state index is -0.790. The van der Waals surface area contributed by atoms with Gasteiger partial charge in [0.05, 0.1) is 19.3 Å².